The highest BCUT2D eigenvalue weighted by Crippen LogP contribution is 2.56. The summed E-state index contributed by atoms with van der Waals surface area (Å²) < 4.78 is 42.1. The second-order valence-electron chi connectivity index (χ2n) is 8.36. The maximum atomic E-state index is 13.1. The second-order valence-corrected chi connectivity index (χ2v) is 11.2. The molecule has 9 atom stereocenters. The molecule has 2 fully saturated rings. The molecule has 0 bridgehead atoms. The quantitative estimate of drug-likeness (QED) is 0.129. The van der Waals surface area contributed by atoms with Gasteiger partial charge in [0.2, 0.25) is 0 Å². The van der Waals surface area contributed by atoms with E-state index in [4.69, 9.17) is 23.3 Å². The van der Waals surface area contributed by atoms with Gasteiger partial charge in [-0.2, -0.15) is 0 Å². The summed E-state index contributed by atoms with van der Waals surface area (Å²) in [4.78, 5) is 51.0. The van der Waals surface area contributed by atoms with Crippen molar-refractivity contribution >= 4 is 19.0 Å². The van der Waals surface area contributed by atoms with E-state index in [1.165, 1.54) is 7.11 Å². The third kappa shape index (κ3) is 5.79. The molecule has 4 rings (SSSR count). The fourth-order valence-corrected chi connectivity index (χ4v) is 5.65. The minimum Gasteiger partial charge on any atom is -0.394 e. The van der Waals surface area contributed by atoms with Crippen LogP contribution in [-0.2, 0) is 27.8 Å². The van der Waals surface area contributed by atoms with Crippen molar-refractivity contribution in [3.8, 4) is 0 Å². The van der Waals surface area contributed by atoms with Gasteiger partial charge in [0.15, 0.2) is 12.5 Å². The zero-order valence-corrected chi connectivity index (χ0v) is 21.3. The lowest BCUT2D eigenvalue weighted by Crippen LogP contribution is -2.39. The molecule has 210 valence electrons. The number of rotatable bonds is 9. The highest BCUT2D eigenvalue weighted by Gasteiger charge is 2.50. The number of aliphatic hydroxyl groups excluding tert-OH is 3. The van der Waals surface area contributed by atoms with E-state index in [-0.39, 0.29) is 0 Å². The summed E-state index contributed by atoms with van der Waals surface area (Å²) in [5.41, 5.74) is -3.04. The molecule has 5 N–H and O–H groups in total. The number of aromatic nitrogens is 4. The lowest BCUT2D eigenvalue weighted by Gasteiger charge is -2.26. The molecule has 17 nitrogen and oxygen atoms in total. The molecular formula is C19H25N4O13PS. The van der Waals surface area contributed by atoms with Crippen LogP contribution in [0, 0.1) is 0 Å². The fourth-order valence-electron chi connectivity index (χ4n) is 4.16. The fraction of sp³-hybridized carbons (Fsp3) is 0.579. The number of hydrogen-bond acceptors (Lipinski definition) is 13. The molecule has 0 aromatic carbocycles. The van der Waals surface area contributed by atoms with Gasteiger partial charge in [0, 0.05) is 31.6 Å². The molecule has 0 radical (unpaired) electrons. The molecule has 2 aromatic heterocycles. The van der Waals surface area contributed by atoms with Crippen molar-refractivity contribution in [1.29, 1.82) is 0 Å². The van der Waals surface area contributed by atoms with E-state index in [2.05, 4.69) is 17.2 Å². The highest BCUT2D eigenvalue weighted by atomic mass is 32.7. The number of nitrogens with one attached hydrogen (secondary N) is 2. The van der Waals surface area contributed by atoms with Crippen molar-refractivity contribution in [3.05, 3.63) is 66.2 Å². The van der Waals surface area contributed by atoms with Crippen molar-refractivity contribution in [1.82, 2.24) is 19.1 Å². The first-order valence-electron chi connectivity index (χ1n) is 11.0. The van der Waals surface area contributed by atoms with Crippen LogP contribution in [0.2, 0.25) is 0 Å². The molecule has 2 aliphatic rings. The molecule has 19 heteroatoms. The van der Waals surface area contributed by atoms with E-state index in [1.807, 2.05) is 4.98 Å². The van der Waals surface area contributed by atoms with Crippen LogP contribution < -0.4 is 22.5 Å². The van der Waals surface area contributed by atoms with Crippen LogP contribution in [0.1, 0.15) is 12.5 Å². The first-order valence-corrected chi connectivity index (χ1v) is 13.7. The van der Waals surface area contributed by atoms with Crippen LogP contribution in [0.5, 0.6) is 0 Å². The normalized spacial score (nSPS) is 32.9. The summed E-state index contributed by atoms with van der Waals surface area (Å²) in [6.07, 6.45) is -8.39. The smallest absolute Gasteiger partial charge is 0.386 e. The van der Waals surface area contributed by atoms with E-state index in [0.29, 0.717) is 0 Å². The Morgan fingerprint density at radius 2 is 1.50 bits per heavy atom. The van der Waals surface area contributed by atoms with Crippen molar-refractivity contribution in [3.63, 3.8) is 0 Å². The summed E-state index contributed by atoms with van der Waals surface area (Å²) >= 11 is 3.92. The number of nitrogens with zero attached hydrogens (tertiary/aromatic N) is 2. The molecule has 9 unspecified atom stereocenters. The lowest BCUT2D eigenvalue weighted by atomic mass is 10.1. The summed E-state index contributed by atoms with van der Waals surface area (Å²) in [5, 5.41) is 30.5. The van der Waals surface area contributed by atoms with Gasteiger partial charge in [0.05, 0.1) is 13.2 Å². The molecular weight excluding hydrogens is 555 g/mol. The Morgan fingerprint density at radius 1 is 0.947 bits per heavy atom. The largest absolute Gasteiger partial charge is 0.394 e. The topological polar surface area (TPSA) is 234 Å². The predicted octanol–water partition coefficient (Wildman–Crippen LogP) is -2.95. The second kappa shape index (κ2) is 11.4. The Labute approximate surface area is 217 Å². The van der Waals surface area contributed by atoms with Gasteiger partial charge in [-0.05, 0) is 0 Å². The molecule has 0 saturated carbocycles. The summed E-state index contributed by atoms with van der Waals surface area (Å²) in [6.45, 7) is -5.56. The zero-order valence-electron chi connectivity index (χ0n) is 19.6. The van der Waals surface area contributed by atoms with Crippen molar-refractivity contribution in [2.45, 2.75) is 49.1 Å². The Bertz CT molecular complexity index is 1420. The van der Waals surface area contributed by atoms with Gasteiger partial charge in [0.25, 0.3) is 11.1 Å². The monoisotopic (exact) mass is 580 g/mol. The average Bonchev–Trinajstić information content (AvgIpc) is 3.34. The molecule has 0 aliphatic carbocycles. The van der Waals surface area contributed by atoms with E-state index >= 15 is 0 Å². The van der Waals surface area contributed by atoms with Crippen molar-refractivity contribution in [2.24, 2.45) is 0 Å². The molecule has 4 heterocycles. The van der Waals surface area contributed by atoms with Crippen molar-refractivity contribution < 1.29 is 43.1 Å². The number of methoxy groups -OCH3 is 1. The molecule has 2 saturated heterocycles. The Morgan fingerprint density at radius 3 is 2.03 bits per heavy atom. The van der Waals surface area contributed by atoms with Crippen LogP contribution in [0.15, 0.2) is 43.7 Å². The molecule has 2 aromatic rings. The summed E-state index contributed by atoms with van der Waals surface area (Å²) in [7, 11) is 1.25. The zero-order chi connectivity index (χ0) is 27.8. The lowest BCUT2D eigenvalue weighted by molar-refractivity contribution is -0.0625. The third-order valence-electron chi connectivity index (χ3n) is 5.98. The SMILES string of the molecule is COC1C(OP(=O)(S)OCC2OC(n3ccc(=O)[nH]c3=O)C(O)C2O)C(CO)OC1n1ccc(=O)[nH]c1=O. The van der Waals surface area contributed by atoms with Crippen LogP contribution in [0.3, 0.4) is 0 Å². The maximum Gasteiger partial charge on any atom is 0.386 e. The van der Waals surface area contributed by atoms with Gasteiger partial charge >= 0.3 is 18.2 Å². The third-order valence-corrected chi connectivity index (χ3v) is 7.60. The predicted molar refractivity (Wildman–Crippen MR) is 128 cm³/mol. The first kappa shape index (κ1) is 28.6. The van der Waals surface area contributed by atoms with Gasteiger partial charge in [-0.3, -0.25) is 37.7 Å². The van der Waals surface area contributed by atoms with Crippen LogP contribution in [0.25, 0.3) is 0 Å². The van der Waals surface area contributed by atoms with Crippen LogP contribution in [-0.4, -0.2) is 91.4 Å². The molecule has 2 aliphatic heterocycles. The Hall–Kier alpha value is -2.38. The Kier molecular flexibility index (Phi) is 8.58. The van der Waals surface area contributed by atoms with Gasteiger partial charge in [-0.25, -0.2) is 14.2 Å². The van der Waals surface area contributed by atoms with Gasteiger partial charge in [-0.15, -0.1) is 0 Å². The number of H-pyrrole nitrogens is 2. The number of hydrogen-bond donors (Lipinski definition) is 6. The van der Waals surface area contributed by atoms with Gasteiger partial charge < -0.3 is 29.5 Å². The van der Waals surface area contributed by atoms with Crippen LogP contribution >= 0.6 is 19.0 Å². The maximum absolute atomic E-state index is 13.1. The van der Waals surface area contributed by atoms with E-state index in [1.54, 1.807) is 0 Å². The minimum atomic E-state index is -4.30. The first-order chi connectivity index (χ1) is 18.0. The van der Waals surface area contributed by atoms with Gasteiger partial charge in [0.1, 0.15) is 36.6 Å². The average molecular weight is 580 g/mol. The summed E-state index contributed by atoms with van der Waals surface area (Å²) in [5.74, 6) is 0. The highest BCUT2D eigenvalue weighted by molar-refractivity contribution is 8.44. The number of ether oxygens (including phenoxy) is 3. The van der Waals surface area contributed by atoms with E-state index in [9.17, 15) is 39.1 Å². The van der Waals surface area contributed by atoms with Crippen molar-refractivity contribution in [2.75, 3.05) is 20.3 Å². The Balaban J connectivity index is 1.46. The molecule has 0 amide bonds. The molecule has 38 heavy (non-hydrogen) atoms. The number of aromatic amines is 2. The van der Waals surface area contributed by atoms with Crippen LogP contribution in [0.4, 0.5) is 0 Å². The van der Waals surface area contributed by atoms with E-state index < -0.39 is 91.6 Å². The van der Waals surface area contributed by atoms with Gasteiger partial charge in [-0.1, -0.05) is 12.2 Å². The number of thiol groups is 1. The summed E-state index contributed by atoms with van der Waals surface area (Å²) in [6, 6.07) is 2.09. The standard InChI is InChI=1S/C19H25N4O13PS/c1-32-15-14(8(6-24)34-17(15)23-5-3-11(26)21-19(23)30)36-37(31,38)33-7-9-12(27)13(28)16(35-9)22-4-2-10(25)20-18(22)29/h2-5,8-9,12-17,24,27-28H,6-7H2,1H3,(H,31,38)(H,20,25,29)(H,21,26,30). The minimum absolute atomic E-state index is 0.620. The number of aliphatic hydroxyl groups is 3. The van der Waals surface area contributed by atoms with E-state index in [0.717, 1.165) is 33.7 Å². The molecule has 0 spiro atoms.